The van der Waals surface area contributed by atoms with Gasteiger partial charge in [-0.15, -0.1) is 6.42 Å². The van der Waals surface area contributed by atoms with E-state index in [1.807, 2.05) is 34.1 Å². The molecule has 4 aliphatic rings. The minimum Gasteiger partial charge on any atom is -0.397 e. The van der Waals surface area contributed by atoms with Crippen molar-refractivity contribution < 1.29 is 14.4 Å². The predicted octanol–water partition coefficient (Wildman–Crippen LogP) is 2.98. The van der Waals surface area contributed by atoms with Gasteiger partial charge in [-0.2, -0.15) is 0 Å². The van der Waals surface area contributed by atoms with Gasteiger partial charge >= 0.3 is 12.1 Å². The summed E-state index contributed by atoms with van der Waals surface area (Å²) < 4.78 is 0. The topological polar surface area (TPSA) is 126 Å². The molecule has 5 amide bonds. The minimum atomic E-state index is -0.800. The van der Waals surface area contributed by atoms with Gasteiger partial charge < -0.3 is 36.4 Å². The normalized spacial score (nSPS) is 20.5. The van der Waals surface area contributed by atoms with Gasteiger partial charge in [-0.1, -0.05) is 35.7 Å². The number of nitrogens with zero attached hydrogens (tertiary/aromatic N) is 4. The number of hydrogen-bond donors (Lipinski definition) is 4. The lowest BCUT2D eigenvalue weighted by Gasteiger charge is -2.42. The van der Waals surface area contributed by atoms with Crippen LogP contribution in [0.3, 0.4) is 0 Å². The number of halogens is 1. The quantitative estimate of drug-likeness (QED) is 0.279. The van der Waals surface area contributed by atoms with E-state index in [0.717, 1.165) is 62.3 Å². The van der Waals surface area contributed by atoms with Crippen LogP contribution >= 0.6 is 11.6 Å². The minimum absolute atomic E-state index is 0.0288. The lowest BCUT2D eigenvalue weighted by Crippen LogP contribution is -2.59. The average Bonchev–Trinajstić information content (AvgIpc) is 3.27. The number of anilines is 2. The third-order valence-electron chi connectivity index (χ3n) is 10.2. The third kappa shape index (κ3) is 7.61. The molecule has 0 aliphatic carbocycles. The van der Waals surface area contributed by atoms with Crippen LogP contribution in [0.5, 0.6) is 0 Å². The van der Waals surface area contributed by atoms with Crippen LogP contribution in [0.25, 0.3) is 0 Å². The van der Waals surface area contributed by atoms with E-state index in [-0.39, 0.29) is 30.4 Å². The maximum Gasteiger partial charge on any atom is 0.322 e. The van der Waals surface area contributed by atoms with E-state index in [4.69, 9.17) is 23.8 Å². The number of nitrogen functional groups attached to an aromatic ring is 1. The Hall–Kier alpha value is -3.98. The summed E-state index contributed by atoms with van der Waals surface area (Å²) in [7, 11) is 0. The molecule has 0 spiro atoms. The van der Waals surface area contributed by atoms with E-state index in [0.29, 0.717) is 67.9 Å². The first-order valence-corrected chi connectivity index (χ1v) is 17.2. The molecule has 47 heavy (non-hydrogen) atoms. The second kappa shape index (κ2) is 14.8. The van der Waals surface area contributed by atoms with Gasteiger partial charge in [0.1, 0.15) is 6.04 Å². The fourth-order valence-electron chi connectivity index (χ4n) is 7.41. The van der Waals surface area contributed by atoms with E-state index >= 15 is 0 Å². The van der Waals surface area contributed by atoms with Crippen molar-refractivity contribution in [3.05, 3.63) is 58.1 Å². The Labute approximate surface area is 282 Å². The standard InChI is InChI=1S/C35H45ClN8O3/c1-2-25-21-24(22-29(36)32(25)37)23-31(33(45)42-19-17-41(18-20-42)27-7-12-38-13-8-27)40-34(46)43-14-10-28(11-15-43)44-16-9-26-5-3-4-6-30(26)39-35(44)47/h1,3-6,21-22,27-28,31,38H,7-20,23,37H2,(H,39,47)(H,40,46)/t31-/m1/s1. The molecule has 2 aromatic rings. The summed E-state index contributed by atoms with van der Waals surface area (Å²) in [6.45, 7) is 6.50. The van der Waals surface area contributed by atoms with Gasteiger partial charge in [-0.3, -0.25) is 9.69 Å². The summed E-state index contributed by atoms with van der Waals surface area (Å²) in [6, 6.07) is 10.8. The van der Waals surface area contributed by atoms with Gasteiger partial charge in [-0.25, -0.2) is 9.59 Å². The number of urea groups is 2. The van der Waals surface area contributed by atoms with Gasteiger partial charge in [0.05, 0.1) is 10.7 Å². The molecule has 1 atom stereocenters. The van der Waals surface area contributed by atoms with Crippen molar-refractivity contribution >= 4 is 40.9 Å². The van der Waals surface area contributed by atoms with Crippen LogP contribution in [0.1, 0.15) is 42.4 Å². The van der Waals surface area contributed by atoms with Crippen LogP contribution in [0.2, 0.25) is 5.02 Å². The second-order valence-electron chi connectivity index (χ2n) is 13.0. The van der Waals surface area contributed by atoms with Crippen molar-refractivity contribution in [1.82, 2.24) is 30.2 Å². The number of piperazine rings is 1. The number of para-hydroxylation sites is 1. The molecule has 6 rings (SSSR count). The molecule has 0 radical (unpaired) electrons. The number of nitrogens with one attached hydrogen (secondary N) is 3. The highest BCUT2D eigenvalue weighted by atomic mass is 35.5. The maximum absolute atomic E-state index is 14.0. The molecule has 0 unspecified atom stereocenters. The monoisotopic (exact) mass is 660 g/mol. The molecule has 3 saturated heterocycles. The number of amides is 5. The number of rotatable bonds is 6. The average molecular weight is 661 g/mol. The second-order valence-corrected chi connectivity index (χ2v) is 13.4. The Kier molecular flexibility index (Phi) is 10.4. The van der Waals surface area contributed by atoms with Gasteiger partial charge in [0.15, 0.2) is 0 Å². The number of piperidine rings is 2. The summed E-state index contributed by atoms with van der Waals surface area (Å²) in [5.74, 6) is 2.45. The van der Waals surface area contributed by atoms with Crippen molar-refractivity contribution in [2.24, 2.45) is 0 Å². The SMILES string of the molecule is C#Cc1cc(C[C@@H](NC(=O)N2CCC(N3CCc4ccccc4NC3=O)CC2)C(=O)N2CCN(C3CCNCC3)CC2)cc(Cl)c1N. The van der Waals surface area contributed by atoms with Crippen LogP contribution in [-0.2, 0) is 17.6 Å². The fourth-order valence-corrected chi connectivity index (χ4v) is 7.65. The fraction of sp³-hybridized carbons (Fsp3) is 0.514. The Bertz CT molecular complexity index is 1510. The van der Waals surface area contributed by atoms with Crippen molar-refractivity contribution in [2.75, 3.05) is 70.0 Å². The summed E-state index contributed by atoms with van der Waals surface area (Å²) in [5, 5.41) is 9.86. The number of fused-ring (bicyclic) bond motifs is 1. The Balaban J connectivity index is 1.10. The van der Waals surface area contributed by atoms with Gasteiger partial charge in [0.25, 0.3) is 0 Å². The molecule has 0 aromatic heterocycles. The number of carbonyl (C=O) groups is 3. The zero-order valence-electron chi connectivity index (χ0n) is 26.8. The van der Waals surface area contributed by atoms with Crippen LogP contribution in [0, 0.1) is 12.3 Å². The number of nitrogens with two attached hydrogens (primary N) is 1. The predicted molar refractivity (Wildman–Crippen MR) is 184 cm³/mol. The molecule has 250 valence electrons. The molecule has 2 aromatic carbocycles. The molecule has 0 bridgehead atoms. The first kappa shape index (κ1) is 32.9. The highest BCUT2D eigenvalue weighted by molar-refractivity contribution is 6.33. The van der Waals surface area contributed by atoms with Gasteiger partial charge in [0, 0.05) is 75.6 Å². The smallest absolute Gasteiger partial charge is 0.322 e. The molecule has 11 nitrogen and oxygen atoms in total. The molecule has 4 aliphatic heterocycles. The lowest BCUT2D eigenvalue weighted by molar-refractivity contribution is -0.135. The molecule has 3 fully saturated rings. The summed E-state index contributed by atoms with van der Waals surface area (Å²) in [6.07, 6.45) is 10.3. The van der Waals surface area contributed by atoms with Crippen molar-refractivity contribution in [1.29, 1.82) is 0 Å². The van der Waals surface area contributed by atoms with Crippen molar-refractivity contribution in [3.8, 4) is 12.3 Å². The van der Waals surface area contributed by atoms with Crippen LogP contribution in [-0.4, -0.2) is 115 Å². The number of terminal acetylenes is 1. The summed E-state index contributed by atoms with van der Waals surface area (Å²) >= 11 is 6.40. The van der Waals surface area contributed by atoms with E-state index < -0.39 is 6.04 Å². The molecule has 0 saturated carbocycles. The lowest BCUT2D eigenvalue weighted by atomic mass is 10.00. The van der Waals surface area contributed by atoms with E-state index in [1.54, 1.807) is 17.0 Å². The molecular weight excluding hydrogens is 616 g/mol. The number of benzene rings is 2. The van der Waals surface area contributed by atoms with Crippen LogP contribution < -0.4 is 21.7 Å². The zero-order valence-corrected chi connectivity index (χ0v) is 27.6. The zero-order chi connectivity index (χ0) is 32.9. The van der Waals surface area contributed by atoms with Gasteiger partial charge in [-0.05, 0) is 74.5 Å². The first-order chi connectivity index (χ1) is 22.8. The molecule has 5 N–H and O–H groups in total. The van der Waals surface area contributed by atoms with E-state index in [2.05, 4.69) is 26.8 Å². The highest BCUT2D eigenvalue weighted by Crippen LogP contribution is 2.27. The van der Waals surface area contributed by atoms with E-state index in [1.165, 1.54) is 0 Å². The van der Waals surface area contributed by atoms with E-state index in [9.17, 15) is 14.4 Å². The molecule has 4 heterocycles. The van der Waals surface area contributed by atoms with Crippen LogP contribution in [0.4, 0.5) is 21.0 Å². The Morgan fingerprint density at radius 3 is 2.43 bits per heavy atom. The molecular formula is C35H45ClN8O3. The molecule has 12 heteroatoms. The largest absolute Gasteiger partial charge is 0.397 e. The highest BCUT2D eigenvalue weighted by Gasteiger charge is 2.35. The third-order valence-corrected chi connectivity index (χ3v) is 10.5. The van der Waals surface area contributed by atoms with Crippen molar-refractivity contribution in [2.45, 2.75) is 56.7 Å². The number of hydrogen-bond acceptors (Lipinski definition) is 6. The summed E-state index contributed by atoms with van der Waals surface area (Å²) in [4.78, 5) is 48.8. The summed E-state index contributed by atoms with van der Waals surface area (Å²) in [5.41, 5.74) is 9.56. The van der Waals surface area contributed by atoms with Gasteiger partial charge in [0.2, 0.25) is 5.91 Å². The number of likely N-dealkylation sites (tertiary alicyclic amines) is 1. The van der Waals surface area contributed by atoms with Crippen LogP contribution in [0.15, 0.2) is 36.4 Å². The maximum atomic E-state index is 14.0. The first-order valence-electron chi connectivity index (χ1n) is 16.8. The Morgan fingerprint density at radius 1 is 0.979 bits per heavy atom. The number of carbonyl (C=O) groups excluding carboxylic acids is 3. The Morgan fingerprint density at radius 2 is 1.70 bits per heavy atom. The van der Waals surface area contributed by atoms with Crippen molar-refractivity contribution in [3.63, 3.8) is 0 Å².